The predicted octanol–water partition coefficient (Wildman–Crippen LogP) is 2.10. The molecule has 0 fully saturated rings. The zero-order chi connectivity index (χ0) is 22.8. The van der Waals surface area contributed by atoms with Crippen LogP contribution in [-0.2, 0) is 9.53 Å². The molecule has 3 aromatic rings. The monoisotopic (exact) mass is 450 g/mol. The lowest BCUT2D eigenvalue weighted by atomic mass is 9.95. The van der Waals surface area contributed by atoms with Crippen LogP contribution in [0.3, 0.4) is 0 Å². The van der Waals surface area contributed by atoms with Gasteiger partial charge in [0.2, 0.25) is 0 Å². The molecular weight excluding hydrogens is 432 g/mol. The fourth-order valence-electron chi connectivity index (χ4n) is 3.53. The molecule has 162 valence electrons. The van der Waals surface area contributed by atoms with Crippen molar-refractivity contribution in [3.05, 3.63) is 101 Å². The first kappa shape index (κ1) is 21.3. The first-order chi connectivity index (χ1) is 15.4. The molecule has 0 saturated carbocycles. The van der Waals surface area contributed by atoms with Crippen LogP contribution in [0.4, 0.5) is 5.69 Å². The summed E-state index contributed by atoms with van der Waals surface area (Å²) in [5.41, 5.74) is 1.30. The second kappa shape index (κ2) is 8.67. The molecule has 0 bridgehead atoms. The third-order valence-corrected chi connectivity index (χ3v) is 5.90. The van der Waals surface area contributed by atoms with E-state index in [2.05, 4.69) is 9.98 Å². The summed E-state index contributed by atoms with van der Waals surface area (Å²) in [7, 11) is 0. The number of fused-ring (bicyclic) bond motifs is 1. The normalized spacial score (nSPS) is 15.8. The second-order valence-corrected chi connectivity index (χ2v) is 7.94. The first-order valence-electron chi connectivity index (χ1n) is 9.74. The molecule has 9 nitrogen and oxygen atoms in total. The van der Waals surface area contributed by atoms with E-state index in [-0.39, 0.29) is 23.4 Å². The molecule has 0 amide bonds. The minimum Gasteiger partial charge on any atom is -0.463 e. The van der Waals surface area contributed by atoms with Gasteiger partial charge in [0.1, 0.15) is 0 Å². The van der Waals surface area contributed by atoms with Gasteiger partial charge in [-0.25, -0.2) is 9.79 Å². The molecular formula is C22H18N4O5S. The number of nitrogens with zero attached hydrogens (tertiary/aromatic N) is 4. The van der Waals surface area contributed by atoms with Gasteiger partial charge in [0.15, 0.2) is 4.80 Å². The molecule has 0 spiro atoms. The van der Waals surface area contributed by atoms with Crippen LogP contribution in [0.1, 0.15) is 31.0 Å². The van der Waals surface area contributed by atoms with Gasteiger partial charge < -0.3 is 4.74 Å². The van der Waals surface area contributed by atoms with E-state index in [1.807, 2.05) is 0 Å². The molecule has 0 aliphatic carbocycles. The zero-order valence-electron chi connectivity index (χ0n) is 17.2. The Morgan fingerprint density at radius 2 is 2.06 bits per heavy atom. The van der Waals surface area contributed by atoms with E-state index in [0.717, 1.165) is 5.56 Å². The van der Waals surface area contributed by atoms with Crippen molar-refractivity contribution in [3.8, 4) is 0 Å². The van der Waals surface area contributed by atoms with Gasteiger partial charge in [0.05, 0.1) is 33.4 Å². The molecule has 1 atom stereocenters. The van der Waals surface area contributed by atoms with E-state index in [4.69, 9.17) is 4.74 Å². The van der Waals surface area contributed by atoms with Gasteiger partial charge >= 0.3 is 5.97 Å². The van der Waals surface area contributed by atoms with Crippen LogP contribution in [0.2, 0.25) is 0 Å². The molecule has 1 unspecified atom stereocenters. The number of ether oxygens (including phenoxy) is 1. The van der Waals surface area contributed by atoms with Crippen molar-refractivity contribution in [3.63, 3.8) is 0 Å². The van der Waals surface area contributed by atoms with Gasteiger partial charge in [-0.2, -0.15) is 0 Å². The smallest absolute Gasteiger partial charge is 0.338 e. The summed E-state index contributed by atoms with van der Waals surface area (Å²) < 4.78 is 7.04. The van der Waals surface area contributed by atoms with E-state index in [9.17, 15) is 19.7 Å². The van der Waals surface area contributed by atoms with Crippen molar-refractivity contribution >= 4 is 29.1 Å². The maximum absolute atomic E-state index is 13.4. The summed E-state index contributed by atoms with van der Waals surface area (Å²) in [6, 6.07) is 8.54. The Hall–Kier alpha value is -3.92. The van der Waals surface area contributed by atoms with Gasteiger partial charge in [-0.3, -0.25) is 24.5 Å². The Balaban J connectivity index is 1.98. The molecule has 32 heavy (non-hydrogen) atoms. The fourth-order valence-corrected chi connectivity index (χ4v) is 4.57. The number of carbonyl (C=O) groups excluding carboxylic acids is 1. The number of aromatic nitrogens is 2. The lowest BCUT2D eigenvalue weighted by molar-refractivity contribution is -0.384. The summed E-state index contributed by atoms with van der Waals surface area (Å²) in [6.45, 7) is 3.49. The van der Waals surface area contributed by atoms with Crippen LogP contribution in [-0.4, -0.2) is 27.1 Å². The lowest BCUT2D eigenvalue weighted by Gasteiger charge is -2.24. The zero-order valence-corrected chi connectivity index (χ0v) is 18.0. The highest BCUT2D eigenvalue weighted by atomic mass is 32.1. The summed E-state index contributed by atoms with van der Waals surface area (Å²) >= 11 is 1.18. The Kier molecular flexibility index (Phi) is 5.78. The molecule has 1 aliphatic heterocycles. The number of hydrogen-bond donors (Lipinski definition) is 0. The van der Waals surface area contributed by atoms with Crippen molar-refractivity contribution in [2.75, 3.05) is 6.61 Å². The van der Waals surface area contributed by atoms with E-state index in [0.29, 0.717) is 20.6 Å². The molecule has 1 aliphatic rings. The van der Waals surface area contributed by atoms with Crippen LogP contribution in [0.5, 0.6) is 0 Å². The maximum Gasteiger partial charge on any atom is 0.338 e. The van der Waals surface area contributed by atoms with Crippen LogP contribution in [0, 0.1) is 10.1 Å². The largest absolute Gasteiger partial charge is 0.463 e. The molecule has 10 heteroatoms. The van der Waals surface area contributed by atoms with Crippen molar-refractivity contribution in [2.45, 2.75) is 19.9 Å². The number of nitro benzene ring substituents is 1. The predicted molar refractivity (Wildman–Crippen MR) is 118 cm³/mol. The maximum atomic E-state index is 13.4. The number of nitro groups is 1. The van der Waals surface area contributed by atoms with Gasteiger partial charge in [0.25, 0.3) is 11.2 Å². The minimum absolute atomic E-state index is 0.140. The van der Waals surface area contributed by atoms with Gasteiger partial charge in [-0.15, -0.1) is 0 Å². The number of allylic oxidation sites excluding steroid dienone is 1. The Bertz CT molecular complexity index is 1420. The van der Waals surface area contributed by atoms with Crippen LogP contribution in [0.15, 0.2) is 69.8 Å². The second-order valence-electron chi connectivity index (χ2n) is 6.93. The number of carbonyl (C=O) groups is 1. The highest BCUT2D eigenvalue weighted by Gasteiger charge is 2.34. The van der Waals surface area contributed by atoms with Gasteiger partial charge in [-0.05, 0) is 43.2 Å². The molecule has 4 rings (SSSR count). The van der Waals surface area contributed by atoms with Crippen molar-refractivity contribution in [1.82, 2.24) is 9.55 Å². The molecule has 0 radical (unpaired) electrons. The van der Waals surface area contributed by atoms with Gasteiger partial charge in [-0.1, -0.05) is 23.5 Å². The number of pyridine rings is 1. The van der Waals surface area contributed by atoms with Gasteiger partial charge in [0, 0.05) is 24.5 Å². The van der Waals surface area contributed by atoms with Crippen LogP contribution < -0.4 is 14.9 Å². The number of benzene rings is 1. The lowest BCUT2D eigenvalue weighted by Crippen LogP contribution is -2.40. The number of esters is 1. The molecule has 2 aromatic heterocycles. The average Bonchev–Trinajstić information content (AvgIpc) is 3.08. The van der Waals surface area contributed by atoms with E-state index in [1.54, 1.807) is 50.5 Å². The average molecular weight is 450 g/mol. The standard InChI is InChI=1S/C22H18N4O5S/c1-3-31-21(28)18-13(2)24-22-25(19(18)15-5-4-6-16(12-15)26(29)30)20(27)17(32-22)11-14-7-9-23-10-8-14/h4-12,19H,3H2,1-2H3/b17-11-. The van der Waals surface area contributed by atoms with Crippen molar-refractivity contribution in [2.24, 2.45) is 4.99 Å². The third kappa shape index (κ3) is 3.87. The molecule has 0 saturated heterocycles. The van der Waals surface area contributed by atoms with E-state index in [1.165, 1.54) is 34.1 Å². The highest BCUT2D eigenvalue weighted by Crippen LogP contribution is 2.32. The number of hydrogen-bond acceptors (Lipinski definition) is 8. The summed E-state index contributed by atoms with van der Waals surface area (Å²) in [5.74, 6) is -0.617. The number of non-ortho nitro benzene ring substituents is 1. The topological polar surface area (TPSA) is 117 Å². The van der Waals surface area contributed by atoms with E-state index >= 15 is 0 Å². The quantitative estimate of drug-likeness (QED) is 0.334. The summed E-state index contributed by atoms with van der Waals surface area (Å²) in [6.07, 6.45) is 4.97. The fraction of sp³-hybridized carbons (Fsp3) is 0.182. The Morgan fingerprint density at radius 3 is 2.75 bits per heavy atom. The Morgan fingerprint density at radius 1 is 1.31 bits per heavy atom. The molecule has 1 aromatic carbocycles. The summed E-state index contributed by atoms with van der Waals surface area (Å²) in [4.78, 5) is 45.9. The summed E-state index contributed by atoms with van der Waals surface area (Å²) in [5, 5.41) is 11.3. The minimum atomic E-state index is -0.898. The van der Waals surface area contributed by atoms with Crippen molar-refractivity contribution in [1.29, 1.82) is 0 Å². The number of rotatable bonds is 5. The van der Waals surface area contributed by atoms with Crippen molar-refractivity contribution < 1.29 is 14.5 Å². The van der Waals surface area contributed by atoms with E-state index < -0.39 is 16.9 Å². The first-order valence-corrected chi connectivity index (χ1v) is 10.6. The third-order valence-electron chi connectivity index (χ3n) is 4.92. The van der Waals surface area contributed by atoms with Crippen LogP contribution >= 0.6 is 11.3 Å². The SMILES string of the molecule is CCOC(=O)C1=C(C)N=c2s/c(=C\c3ccncc3)c(=O)n2C1c1cccc([N+](=O)[O-])c1. The highest BCUT2D eigenvalue weighted by molar-refractivity contribution is 7.07. The Labute approximate surface area is 185 Å². The van der Waals surface area contributed by atoms with Crippen LogP contribution in [0.25, 0.3) is 6.08 Å². The molecule has 3 heterocycles. The number of thiazole rings is 1. The molecule has 0 N–H and O–H groups in total.